The summed E-state index contributed by atoms with van der Waals surface area (Å²) in [6.07, 6.45) is 5.36. The maximum atomic E-state index is 12.8. The summed E-state index contributed by atoms with van der Waals surface area (Å²) >= 11 is 0. The molecule has 0 aliphatic heterocycles. The molecule has 2 aromatic carbocycles. The lowest BCUT2D eigenvalue weighted by molar-refractivity contribution is -0.119. The van der Waals surface area contributed by atoms with E-state index in [9.17, 15) is 14.4 Å². The lowest BCUT2D eigenvalue weighted by Gasteiger charge is -2.12. The lowest BCUT2D eigenvalue weighted by Crippen LogP contribution is -2.28. The normalized spacial score (nSPS) is 10.4. The molecule has 0 unspecified atom stereocenters. The largest absolute Gasteiger partial charge is 0.497 e. The molecule has 10 heteroatoms. The topological polar surface area (TPSA) is 124 Å². The van der Waals surface area contributed by atoms with E-state index in [1.54, 1.807) is 55.9 Å². The Labute approximate surface area is 213 Å². The average molecular weight is 500 g/mol. The van der Waals surface area contributed by atoms with Crippen molar-refractivity contribution < 1.29 is 23.9 Å². The van der Waals surface area contributed by atoms with Gasteiger partial charge in [0.05, 0.1) is 18.4 Å². The highest BCUT2D eigenvalue weighted by Crippen LogP contribution is 2.16. The number of nitrogens with zero attached hydrogens (tertiary/aromatic N) is 3. The lowest BCUT2D eigenvalue weighted by atomic mass is 10.1. The van der Waals surface area contributed by atoms with Crippen molar-refractivity contribution in [2.24, 2.45) is 0 Å². The van der Waals surface area contributed by atoms with Crippen molar-refractivity contribution in [1.29, 1.82) is 0 Å². The quantitative estimate of drug-likeness (QED) is 0.321. The third kappa shape index (κ3) is 6.57. The van der Waals surface area contributed by atoms with Gasteiger partial charge in [0.15, 0.2) is 12.4 Å². The van der Waals surface area contributed by atoms with Gasteiger partial charge in [-0.1, -0.05) is 24.3 Å². The van der Waals surface area contributed by atoms with E-state index in [4.69, 9.17) is 9.47 Å². The molecule has 10 nitrogen and oxygen atoms in total. The standard InChI is InChI=1S/C27H25N5O5/c1-36-20-11-9-19(10-12-20)13-16-29-26(34)21-6-2-3-8-23(21)31-24(33)18-37-27(35)22-7-4-14-28-25(22)32-17-5-15-30-32/h2-12,14-15,17H,13,16,18H2,1H3,(H,29,34)(H,31,33). The molecule has 2 N–H and O–H groups in total. The third-order valence-electron chi connectivity index (χ3n) is 5.37. The van der Waals surface area contributed by atoms with Gasteiger partial charge in [-0.25, -0.2) is 14.5 Å². The van der Waals surface area contributed by atoms with E-state index in [0.717, 1.165) is 11.3 Å². The molecule has 4 rings (SSSR count). The number of rotatable bonds is 10. The summed E-state index contributed by atoms with van der Waals surface area (Å²) in [4.78, 5) is 42.1. The number of aromatic nitrogens is 3. The van der Waals surface area contributed by atoms with Crippen LogP contribution in [0.4, 0.5) is 5.69 Å². The summed E-state index contributed by atoms with van der Waals surface area (Å²) in [5.74, 6) is -0.591. The maximum Gasteiger partial charge on any atom is 0.342 e. The van der Waals surface area contributed by atoms with Gasteiger partial charge in [0, 0.05) is 25.1 Å². The van der Waals surface area contributed by atoms with Crippen LogP contribution in [0.15, 0.2) is 85.3 Å². The second kappa shape index (κ2) is 12.1. The number of amides is 2. The van der Waals surface area contributed by atoms with E-state index in [2.05, 4.69) is 20.7 Å². The molecule has 0 aliphatic rings. The Morgan fingerprint density at radius 3 is 2.46 bits per heavy atom. The maximum absolute atomic E-state index is 12.8. The smallest absolute Gasteiger partial charge is 0.342 e. The zero-order valence-electron chi connectivity index (χ0n) is 20.1. The molecule has 2 heterocycles. The average Bonchev–Trinajstić information content (AvgIpc) is 3.47. The first-order chi connectivity index (χ1) is 18.0. The molecule has 2 aromatic heterocycles. The fourth-order valence-electron chi connectivity index (χ4n) is 3.53. The van der Waals surface area contributed by atoms with Crippen LogP contribution in [-0.4, -0.2) is 52.8 Å². The van der Waals surface area contributed by atoms with Crippen molar-refractivity contribution in [2.75, 3.05) is 25.6 Å². The second-order valence-electron chi connectivity index (χ2n) is 7.85. The Balaban J connectivity index is 1.32. The fraction of sp³-hybridized carbons (Fsp3) is 0.148. The van der Waals surface area contributed by atoms with Crippen molar-refractivity contribution in [3.05, 3.63) is 102 Å². The summed E-state index contributed by atoms with van der Waals surface area (Å²) in [7, 11) is 1.61. The Kier molecular flexibility index (Phi) is 8.22. The predicted octanol–water partition coefficient (Wildman–Crippen LogP) is 3.04. The number of methoxy groups -OCH3 is 1. The molecule has 37 heavy (non-hydrogen) atoms. The van der Waals surface area contributed by atoms with Crippen molar-refractivity contribution >= 4 is 23.5 Å². The van der Waals surface area contributed by atoms with Crippen LogP contribution >= 0.6 is 0 Å². The number of hydrogen-bond acceptors (Lipinski definition) is 7. The van der Waals surface area contributed by atoms with Crippen LogP contribution in [0.5, 0.6) is 5.75 Å². The number of hydrogen-bond donors (Lipinski definition) is 2. The first-order valence-corrected chi connectivity index (χ1v) is 11.5. The van der Waals surface area contributed by atoms with Gasteiger partial charge < -0.3 is 20.1 Å². The van der Waals surface area contributed by atoms with E-state index in [1.807, 2.05) is 24.3 Å². The van der Waals surface area contributed by atoms with Gasteiger partial charge in [-0.15, -0.1) is 0 Å². The Morgan fingerprint density at radius 2 is 1.70 bits per heavy atom. The molecule has 0 spiro atoms. The number of para-hydroxylation sites is 1. The van der Waals surface area contributed by atoms with Crippen LogP contribution in [0.1, 0.15) is 26.3 Å². The van der Waals surface area contributed by atoms with Gasteiger partial charge in [-0.3, -0.25) is 9.59 Å². The van der Waals surface area contributed by atoms with E-state index >= 15 is 0 Å². The summed E-state index contributed by atoms with van der Waals surface area (Å²) in [5, 5.41) is 9.57. The minimum Gasteiger partial charge on any atom is -0.497 e. The molecule has 188 valence electrons. The number of anilines is 1. The highest BCUT2D eigenvalue weighted by Gasteiger charge is 2.18. The minimum atomic E-state index is -0.724. The second-order valence-corrected chi connectivity index (χ2v) is 7.85. The van der Waals surface area contributed by atoms with Gasteiger partial charge in [0.2, 0.25) is 0 Å². The Morgan fingerprint density at radius 1 is 0.919 bits per heavy atom. The molecule has 0 bridgehead atoms. The molecule has 2 amide bonds. The SMILES string of the molecule is COc1ccc(CCNC(=O)c2ccccc2NC(=O)COC(=O)c2cccnc2-n2cccn2)cc1. The summed E-state index contributed by atoms with van der Waals surface area (Å²) < 4.78 is 11.8. The van der Waals surface area contributed by atoms with Gasteiger partial charge in [-0.2, -0.15) is 5.10 Å². The molecule has 0 radical (unpaired) electrons. The van der Waals surface area contributed by atoms with Crippen LogP contribution in [-0.2, 0) is 16.0 Å². The highest BCUT2D eigenvalue weighted by atomic mass is 16.5. The van der Waals surface area contributed by atoms with E-state index < -0.39 is 18.5 Å². The Hall–Kier alpha value is -4.99. The first-order valence-electron chi connectivity index (χ1n) is 11.5. The van der Waals surface area contributed by atoms with Gasteiger partial charge in [0.25, 0.3) is 11.8 Å². The number of carbonyl (C=O) groups is 3. The van der Waals surface area contributed by atoms with Crippen molar-refractivity contribution in [1.82, 2.24) is 20.1 Å². The number of pyridine rings is 1. The highest BCUT2D eigenvalue weighted by molar-refractivity contribution is 6.04. The molecular weight excluding hydrogens is 474 g/mol. The zero-order chi connectivity index (χ0) is 26.0. The van der Waals surface area contributed by atoms with Crippen LogP contribution < -0.4 is 15.4 Å². The van der Waals surface area contributed by atoms with Crippen LogP contribution in [0.2, 0.25) is 0 Å². The molecule has 0 saturated heterocycles. The van der Waals surface area contributed by atoms with E-state index in [1.165, 1.54) is 16.9 Å². The van der Waals surface area contributed by atoms with Gasteiger partial charge >= 0.3 is 5.97 Å². The minimum absolute atomic E-state index is 0.163. The number of ether oxygens (including phenoxy) is 2. The number of esters is 1. The van der Waals surface area contributed by atoms with Crippen molar-refractivity contribution in [3.8, 4) is 11.6 Å². The molecule has 0 saturated carbocycles. The van der Waals surface area contributed by atoms with Gasteiger partial charge in [0.1, 0.15) is 11.3 Å². The third-order valence-corrected chi connectivity index (χ3v) is 5.37. The van der Waals surface area contributed by atoms with Crippen LogP contribution in [0.3, 0.4) is 0 Å². The molecule has 4 aromatic rings. The first kappa shape index (κ1) is 25.1. The van der Waals surface area contributed by atoms with E-state index in [0.29, 0.717) is 24.2 Å². The zero-order valence-corrected chi connectivity index (χ0v) is 20.1. The van der Waals surface area contributed by atoms with Crippen molar-refractivity contribution in [2.45, 2.75) is 6.42 Å². The summed E-state index contributed by atoms with van der Waals surface area (Å²) in [6.45, 7) is -0.131. The Bertz CT molecular complexity index is 1370. The van der Waals surface area contributed by atoms with Crippen molar-refractivity contribution in [3.63, 3.8) is 0 Å². The number of benzene rings is 2. The number of nitrogens with one attached hydrogen (secondary N) is 2. The van der Waals surface area contributed by atoms with Crippen LogP contribution in [0, 0.1) is 0 Å². The molecular formula is C27H25N5O5. The molecule has 0 fully saturated rings. The monoisotopic (exact) mass is 499 g/mol. The molecule has 0 aliphatic carbocycles. The summed E-state index contributed by atoms with van der Waals surface area (Å²) in [6, 6.07) is 19.0. The van der Waals surface area contributed by atoms with Crippen LogP contribution in [0.25, 0.3) is 5.82 Å². The summed E-state index contributed by atoms with van der Waals surface area (Å²) in [5.41, 5.74) is 1.82. The predicted molar refractivity (Wildman–Crippen MR) is 136 cm³/mol. The van der Waals surface area contributed by atoms with Gasteiger partial charge in [-0.05, 0) is 54.4 Å². The fourth-order valence-corrected chi connectivity index (χ4v) is 3.53. The molecule has 0 atom stereocenters. The van der Waals surface area contributed by atoms with E-state index in [-0.39, 0.29) is 17.3 Å². The number of carbonyl (C=O) groups excluding carboxylic acids is 3.